The van der Waals surface area contributed by atoms with Crippen LogP contribution < -0.4 is 10.6 Å². The summed E-state index contributed by atoms with van der Waals surface area (Å²) in [7, 11) is 1.71. The second-order valence-electron chi connectivity index (χ2n) is 5.78. The predicted octanol–water partition coefficient (Wildman–Crippen LogP) is 1.08. The molecule has 0 saturated carbocycles. The van der Waals surface area contributed by atoms with E-state index < -0.39 is 0 Å². The van der Waals surface area contributed by atoms with E-state index in [9.17, 15) is 4.79 Å². The maximum absolute atomic E-state index is 11.2. The van der Waals surface area contributed by atoms with Crippen LogP contribution in [0.15, 0.2) is 0 Å². The van der Waals surface area contributed by atoms with E-state index in [2.05, 4.69) is 29.4 Å². The summed E-state index contributed by atoms with van der Waals surface area (Å²) < 4.78 is 0. The lowest BCUT2D eigenvalue weighted by Gasteiger charge is -2.32. The van der Waals surface area contributed by atoms with Gasteiger partial charge in [0, 0.05) is 26.6 Å². The Kier molecular flexibility index (Phi) is 7.28. The first kappa shape index (κ1) is 15.4. The summed E-state index contributed by atoms with van der Waals surface area (Å²) in [5.41, 5.74) is 0. The fraction of sp³-hybridized carbons (Fsp3) is 0.929. The van der Waals surface area contributed by atoms with Crippen LogP contribution in [0.3, 0.4) is 0 Å². The number of rotatable bonds is 7. The molecule has 0 bridgehead atoms. The van der Waals surface area contributed by atoms with E-state index in [1.54, 1.807) is 7.05 Å². The molecule has 4 heteroatoms. The highest BCUT2D eigenvalue weighted by molar-refractivity contribution is 5.75. The van der Waals surface area contributed by atoms with Gasteiger partial charge in [0.05, 0.1) is 0 Å². The van der Waals surface area contributed by atoms with Gasteiger partial charge >= 0.3 is 0 Å². The summed E-state index contributed by atoms with van der Waals surface area (Å²) in [6.07, 6.45) is 3.21. The van der Waals surface area contributed by atoms with Crippen molar-refractivity contribution in [3.05, 3.63) is 0 Å². The fourth-order valence-corrected chi connectivity index (χ4v) is 2.48. The highest BCUT2D eigenvalue weighted by Gasteiger charge is 2.19. The molecule has 0 aromatic carbocycles. The molecule has 2 N–H and O–H groups in total. The molecule has 1 rings (SSSR count). The number of hydrogen-bond acceptors (Lipinski definition) is 3. The first-order chi connectivity index (χ1) is 8.61. The normalized spacial score (nSPS) is 21.2. The van der Waals surface area contributed by atoms with Crippen molar-refractivity contribution in [1.29, 1.82) is 0 Å². The quantitative estimate of drug-likeness (QED) is 0.715. The number of carbonyl (C=O) groups is 1. The van der Waals surface area contributed by atoms with Gasteiger partial charge in [0.1, 0.15) is 0 Å². The van der Waals surface area contributed by atoms with Gasteiger partial charge in [-0.05, 0) is 44.3 Å². The van der Waals surface area contributed by atoms with Crippen molar-refractivity contribution in [1.82, 2.24) is 15.5 Å². The van der Waals surface area contributed by atoms with E-state index in [0.29, 0.717) is 6.42 Å². The second kappa shape index (κ2) is 8.48. The minimum Gasteiger partial charge on any atom is -0.359 e. The zero-order chi connectivity index (χ0) is 13.4. The van der Waals surface area contributed by atoms with Crippen LogP contribution >= 0.6 is 0 Å². The van der Waals surface area contributed by atoms with Gasteiger partial charge in [0.25, 0.3) is 0 Å². The molecule has 0 aliphatic carbocycles. The maximum atomic E-state index is 11.2. The van der Waals surface area contributed by atoms with E-state index in [1.807, 2.05) is 0 Å². The molecule has 0 spiro atoms. The van der Waals surface area contributed by atoms with E-state index in [1.165, 1.54) is 12.8 Å². The Morgan fingerprint density at radius 2 is 2.22 bits per heavy atom. The molecule has 1 unspecified atom stereocenters. The number of likely N-dealkylation sites (tertiary alicyclic amines) is 1. The lowest BCUT2D eigenvalue weighted by atomic mass is 9.97. The number of carbonyl (C=O) groups excluding carboxylic acids is 1. The van der Waals surface area contributed by atoms with E-state index >= 15 is 0 Å². The first-order valence-corrected chi connectivity index (χ1v) is 7.25. The zero-order valence-corrected chi connectivity index (χ0v) is 12.2. The molecular formula is C14H29N3O. The Balaban J connectivity index is 2.17. The first-order valence-electron chi connectivity index (χ1n) is 7.25. The summed E-state index contributed by atoms with van der Waals surface area (Å²) in [6.45, 7) is 9.90. The minimum atomic E-state index is 0.148. The van der Waals surface area contributed by atoms with Gasteiger partial charge in [-0.1, -0.05) is 13.8 Å². The van der Waals surface area contributed by atoms with Gasteiger partial charge in [-0.25, -0.2) is 0 Å². The van der Waals surface area contributed by atoms with Crippen molar-refractivity contribution in [3.8, 4) is 0 Å². The third-order valence-corrected chi connectivity index (χ3v) is 3.52. The lowest BCUT2D eigenvalue weighted by molar-refractivity contribution is -0.121. The topological polar surface area (TPSA) is 44.4 Å². The van der Waals surface area contributed by atoms with Gasteiger partial charge in [-0.3, -0.25) is 4.79 Å². The van der Waals surface area contributed by atoms with Crippen molar-refractivity contribution < 1.29 is 4.79 Å². The van der Waals surface area contributed by atoms with Crippen LogP contribution in [0.25, 0.3) is 0 Å². The molecule has 106 valence electrons. The largest absolute Gasteiger partial charge is 0.359 e. The van der Waals surface area contributed by atoms with Gasteiger partial charge in [0.15, 0.2) is 0 Å². The van der Waals surface area contributed by atoms with Crippen LogP contribution in [0, 0.1) is 11.8 Å². The maximum Gasteiger partial charge on any atom is 0.221 e. The number of nitrogens with one attached hydrogen (secondary N) is 2. The minimum absolute atomic E-state index is 0.148. The molecule has 0 aromatic rings. The Morgan fingerprint density at radius 1 is 1.44 bits per heavy atom. The highest BCUT2D eigenvalue weighted by atomic mass is 16.1. The van der Waals surface area contributed by atoms with Crippen molar-refractivity contribution in [3.63, 3.8) is 0 Å². The summed E-state index contributed by atoms with van der Waals surface area (Å²) >= 11 is 0. The number of hydrogen-bond donors (Lipinski definition) is 2. The van der Waals surface area contributed by atoms with Crippen LogP contribution in [0.4, 0.5) is 0 Å². The SMILES string of the molecule is CNC(=O)CCN1CCCC(CNCC(C)C)C1. The smallest absolute Gasteiger partial charge is 0.221 e. The molecule has 0 radical (unpaired) electrons. The Morgan fingerprint density at radius 3 is 2.89 bits per heavy atom. The van der Waals surface area contributed by atoms with Crippen LogP contribution in [0.2, 0.25) is 0 Å². The number of piperidine rings is 1. The second-order valence-corrected chi connectivity index (χ2v) is 5.78. The molecule has 1 saturated heterocycles. The van der Waals surface area contributed by atoms with Crippen LogP contribution in [-0.4, -0.2) is 50.6 Å². The number of amides is 1. The predicted molar refractivity (Wildman–Crippen MR) is 75.6 cm³/mol. The molecular weight excluding hydrogens is 226 g/mol. The molecule has 1 heterocycles. The lowest BCUT2D eigenvalue weighted by Crippen LogP contribution is -2.41. The molecule has 1 fully saturated rings. The third kappa shape index (κ3) is 6.36. The summed E-state index contributed by atoms with van der Waals surface area (Å²) in [5, 5.41) is 6.23. The molecule has 4 nitrogen and oxygen atoms in total. The van der Waals surface area contributed by atoms with Gasteiger partial charge < -0.3 is 15.5 Å². The molecule has 1 aliphatic rings. The molecule has 18 heavy (non-hydrogen) atoms. The molecule has 1 atom stereocenters. The zero-order valence-electron chi connectivity index (χ0n) is 12.2. The van der Waals surface area contributed by atoms with Gasteiger partial charge in [-0.2, -0.15) is 0 Å². The van der Waals surface area contributed by atoms with Crippen molar-refractivity contribution in [2.45, 2.75) is 33.1 Å². The van der Waals surface area contributed by atoms with Gasteiger partial charge in [-0.15, -0.1) is 0 Å². The van der Waals surface area contributed by atoms with Crippen molar-refractivity contribution in [2.24, 2.45) is 11.8 Å². The van der Waals surface area contributed by atoms with Crippen LogP contribution in [0.5, 0.6) is 0 Å². The van der Waals surface area contributed by atoms with E-state index in [-0.39, 0.29) is 5.91 Å². The Bertz CT molecular complexity index is 243. The Labute approximate surface area is 111 Å². The van der Waals surface area contributed by atoms with Crippen molar-refractivity contribution in [2.75, 3.05) is 39.8 Å². The Hall–Kier alpha value is -0.610. The third-order valence-electron chi connectivity index (χ3n) is 3.52. The average molecular weight is 255 g/mol. The standard InChI is InChI=1S/C14H29N3O/c1-12(2)9-16-10-13-5-4-7-17(11-13)8-6-14(18)15-3/h12-13,16H,4-11H2,1-3H3,(H,15,18). The van der Waals surface area contributed by atoms with Gasteiger partial charge in [0.2, 0.25) is 5.91 Å². The highest BCUT2D eigenvalue weighted by Crippen LogP contribution is 2.15. The summed E-state index contributed by atoms with van der Waals surface area (Å²) in [5.74, 6) is 1.62. The van der Waals surface area contributed by atoms with E-state index in [4.69, 9.17) is 0 Å². The molecule has 1 amide bonds. The van der Waals surface area contributed by atoms with Crippen molar-refractivity contribution >= 4 is 5.91 Å². The number of nitrogens with zero attached hydrogens (tertiary/aromatic N) is 1. The monoisotopic (exact) mass is 255 g/mol. The summed E-state index contributed by atoms with van der Waals surface area (Å²) in [4.78, 5) is 13.7. The molecule has 0 aromatic heterocycles. The fourth-order valence-electron chi connectivity index (χ4n) is 2.48. The van der Waals surface area contributed by atoms with E-state index in [0.717, 1.165) is 44.6 Å². The van der Waals surface area contributed by atoms with Crippen LogP contribution in [-0.2, 0) is 4.79 Å². The molecule has 1 aliphatic heterocycles. The average Bonchev–Trinajstić information content (AvgIpc) is 2.36. The summed E-state index contributed by atoms with van der Waals surface area (Å²) in [6, 6.07) is 0. The van der Waals surface area contributed by atoms with Crippen LogP contribution in [0.1, 0.15) is 33.1 Å².